The number of hydrazine groups is 1. The van der Waals surface area contributed by atoms with E-state index in [1.54, 1.807) is 6.92 Å². The zero-order valence-corrected chi connectivity index (χ0v) is 12.4. The molecular formula is C13H13F3N6O2. The van der Waals surface area contributed by atoms with Crippen molar-refractivity contribution in [1.29, 1.82) is 0 Å². The summed E-state index contributed by atoms with van der Waals surface area (Å²) in [6, 6.07) is 2.84. The van der Waals surface area contributed by atoms with Gasteiger partial charge in [0.05, 0.1) is 24.0 Å². The number of alkyl halides is 3. The lowest BCUT2D eigenvalue weighted by atomic mass is 10.1. The van der Waals surface area contributed by atoms with Crippen LogP contribution in [0.2, 0.25) is 0 Å². The van der Waals surface area contributed by atoms with Gasteiger partial charge in [-0.05, 0) is 24.6 Å². The summed E-state index contributed by atoms with van der Waals surface area (Å²) in [6.07, 6.45) is -3.24. The number of hydrogen-bond donors (Lipinski definition) is 3. The normalized spacial score (nSPS) is 15.1. The first kappa shape index (κ1) is 17.2. The first-order valence-electron chi connectivity index (χ1n) is 6.63. The third kappa shape index (κ3) is 4.69. The number of hydrazone groups is 2. The van der Waals surface area contributed by atoms with E-state index in [-0.39, 0.29) is 6.54 Å². The number of nitrogens with one attached hydrogen (secondary N) is 3. The second-order valence-corrected chi connectivity index (χ2v) is 4.78. The van der Waals surface area contributed by atoms with E-state index in [1.807, 2.05) is 0 Å². The van der Waals surface area contributed by atoms with Crippen LogP contribution in [0.25, 0.3) is 0 Å². The minimum atomic E-state index is -4.41. The van der Waals surface area contributed by atoms with Gasteiger partial charge in [0, 0.05) is 0 Å². The Morgan fingerprint density at radius 2 is 2.04 bits per heavy atom. The molecule has 11 heteroatoms. The van der Waals surface area contributed by atoms with Gasteiger partial charge in [-0.2, -0.15) is 23.4 Å². The number of nitrogens with zero attached hydrogens (tertiary/aromatic N) is 3. The molecule has 0 radical (unpaired) electrons. The summed E-state index contributed by atoms with van der Waals surface area (Å²) in [5, 5.41) is 8.27. The molecule has 1 heterocycles. The predicted molar refractivity (Wildman–Crippen MR) is 79.1 cm³/mol. The number of hydrogen-bond acceptors (Lipinski definition) is 4. The largest absolute Gasteiger partial charge is 0.416 e. The van der Waals surface area contributed by atoms with Crippen molar-refractivity contribution in [1.82, 2.24) is 21.3 Å². The molecule has 1 aliphatic heterocycles. The third-order valence-corrected chi connectivity index (χ3v) is 2.83. The monoisotopic (exact) mass is 342 g/mol. The highest BCUT2D eigenvalue weighted by atomic mass is 19.4. The van der Waals surface area contributed by atoms with Crippen LogP contribution in [0.4, 0.5) is 22.8 Å². The van der Waals surface area contributed by atoms with Crippen LogP contribution in [-0.4, -0.2) is 35.5 Å². The molecule has 0 aliphatic carbocycles. The highest BCUT2D eigenvalue weighted by Crippen LogP contribution is 2.28. The molecule has 2 rings (SSSR count). The Hall–Kier alpha value is -3.11. The van der Waals surface area contributed by atoms with E-state index in [0.29, 0.717) is 11.3 Å². The van der Waals surface area contributed by atoms with Gasteiger partial charge in [-0.15, -0.1) is 0 Å². The molecule has 0 unspecified atom stereocenters. The van der Waals surface area contributed by atoms with Crippen LogP contribution in [0, 0.1) is 0 Å². The summed E-state index contributed by atoms with van der Waals surface area (Å²) in [5.41, 5.74) is 6.70. The molecule has 4 amide bonds. The van der Waals surface area contributed by atoms with Gasteiger partial charge in [0.1, 0.15) is 0 Å². The lowest BCUT2D eigenvalue weighted by molar-refractivity contribution is -0.137. The fourth-order valence-corrected chi connectivity index (χ4v) is 1.70. The van der Waals surface area contributed by atoms with Gasteiger partial charge >= 0.3 is 18.2 Å². The number of rotatable bonds is 3. The number of benzene rings is 1. The van der Waals surface area contributed by atoms with Crippen molar-refractivity contribution < 1.29 is 22.8 Å². The maximum Gasteiger partial charge on any atom is 0.416 e. The summed E-state index contributed by atoms with van der Waals surface area (Å²) < 4.78 is 37.2. The summed E-state index contributed by atoms with van der Waals surface area (Å²) in [7, 11) is 0. The van der Waals surface area contributed by atoms with Crippen molar-refractivity contribution in [2.45, 2.75) is 13.1 Å². The number of urea groups is 2. The van der Waals surface area contributed by atoms with E-state index in [2.05, 4.69) is 26.5 Å². The second kappa shape index (κ2) is 6.98. The number of carbonyl (C=O) groups is 2. The quantitative estimate of drug-likeness (QED) is 0.575. The molecule has 0 fully saturated rings. The van der Waals surface area contributed by atoms with Crippen molar-refractivity contribution in [3.05, 3.63) is 35.4 Å². The summed E-state index contributed by atoms with van der Waals surface area (Å²) in [4.78, 5) is 23.0. The van der Waals surface area contributed by atoms with E-state index in [4.69, 9.17) is 0 Å². The Labute approximate surface area is 134 Å². The number of halogens is 3. The maximum absolute atomic E-state index is 12.4. The van der Waals surface area contributed by atoms with Crippen LogP contribution >= 0.6 is 0 Å². The number of amides is 4. The molecule has 0 saturated carbocycles. The van der Waals surface area contributed by atoms with E-state index < -0.39 is 23.8 Å². The Morgan fingerprint density at radius 1 is 1.38 bits per heavy atom. The molecule has 0 atom stereocenters. The Bertz CT molecular complexity index is 684. The predicted octanol–water partition coefficient (Wildman–Crippen LogP) is 1.65. The van der Waals surface area contributed by atoms with E-state index in [9.17, 15) is 22.8 Å². The van der Waals surface area contributed by atoms with Crippen LogP contribution in [0.1, 0.15) is 18.1 Å². The maximum atomic E-state index is 12.4. The van der Waals surface area contributed by atoms with Gasteiger partial charge in [-0.25, -0.2) is 30.9 Å². The molecule has 0 aromatic heterocycles. The van der Waals surface area contributed by atoms with Crippen LogP contribution in [-0.2, 0) is 6.18 Å². The first-order chi connectivity index (χ1) is 11.3. The topological polar surface area (TPSA) is 98.2 Å². The van der Waals surface area contributed by atoms with Crippen LogP contribution in [0.3, 0.4) is 0 Å². The molecule has 1 aromatic rings. The van der Waals surface area contributed by atoms with Crippen LogP contribution in [0.15, 0.2) is 34.5 Å². The fraction of sp³-hybridized carbons (Fsp3) is 0.231. The van der Waals surface area contributed by atoms with Gasteiger partial charge < -0.3 is 0 Å². The molecule has 1 aliphatic rings. The fourth-order valence-electron chi connectivity index (χ4n) is 1.70. The van der Waals surface area contributed by atoms with Crippen molar-refractivity contribution in [2.24, 2.45) is 10.2 Å². The molecule has 24 heavy (non-hydrogen) atoms. The highest BCUT2D eigenvalue weighted by molar-refractivity contribution is 5.92. The Morgan fingerprint density at radius 3 is 2.67 bits per heavy atom. The van der Waals surface area contributed by atoms with Gasteiger partial charge in [-0.3, -0.25) is 0 Å². The SMILES string of the molecule is CC1=NNC(=O)N(NC(=O)N/N=C/c2ccc(C(F)(F)F)cc2)C1. The molecule has 0 saturated heterocycles. The zero-order chi connectivity index (χ0) is 17.7. The average Bonchev–Trinajstić information content (AvgIpc) is 2.50. The second-order valence-electron chi connectivity index (χ2n) is 4.78. The molecule has 0 bridgehead atoms. The third-order valence-electron chi connectivity index (χ3n) is 2.83. The molecular weight excluding hydrogens is 329 g/mol. The molecule has 3 N–H and O–H groups in total. The van der Waals surface area contributed by atoms with Gasteiger partial charge in [0.25, 0.3) is 0 Å². The van der Waals surface area contributed by atoms with Crippen molar-refractivity contribution in [3.63, 3.8) is 0 Å². The van der Waals surface area contributed by atoms with Crippen LogP contribution in [0.5, 0.6) is 0 Å². The van der Waals surface area contributed by atoms with E-state index >= 15 is 0 Å². The molecule has 1 aromatic carbocycles. The summed E-state index contributed by atoms with van der Waals surface area (Å²) in [5.74, 6) is 0. The smallest absolute Gasteiger partial charge is 0.245 e. The Kier molecular flexibility index (Phi) is 5.02. The lowest BCUT2D eigenvalue weighted by Gasteiger charge is -2.25. The summed E-state index contributed by atoms with van der Waals surface area (Å²) in [6.45, 7) is 1.77. The standard InChI is InChI=1S/C13H13F3N6O2/c1-8-7-22(12(24)20-18-8)21-11(23)19-17-6-9-2-4-10(5-3-9)13(14,15)16/h2-6H,7H2,1H3,(H,20,24)(H2,19,21,23)/b17-6+. The van der Waals surface area contributed by atoms with Crippen LogP contribution < -0.4 is 16.3 Å². The Balaban J connectivity index is 1.86. The zero-order valence-electron chi connectivity index (χ0n) is 12.4. The molecule has 128 valence electrons. The summed E-state index contributed by atoms with van der Waals surface area (Å²) >= 11 is 0. The number of carbonyl (C=O) groups excluding carboxylic acids is 2. The van der Waals surface area contributed by atoms with Crippen molar-refractivity contribution in [2.75, 3.05) is 6.54 Å². The van der Waals surface area contributed by atoms with Gasteiger partial charge in [-0.1, -0.05) is 12.1 Å². The van der Waals surface area contributed by atoms with Crippen molar-refractivity contribution in [3.8, 4) is 0 Å². The van der Waals surface area contributed by atoms with Gasteiger partial charge in [0.2, 0.25) is 0 Å². The minimum Gasteiger partial charge on any atom is -0.245 e. The average molecular weight is 342 g/mol. The van der Waals surface area contributed by atoms with Crippen molar-refractivity contribution >= 4 is 24.0 Å². The minimum absolute atomic E-state index is 0.113. The molecule has 8 nitrogen and oxygen atoms in total. The highest BCUT2D eigenvalue weighted by Gasteiger charge is 2.29. The lowest BCUT2D eigenvalue weighted by Crippen LogP contribution is -2.55. The molecule has 0 spiro atoms. The van der Waals surface area contributed by atoms with E-state index in [1.165, 1.54) is 18.3 Å². The first-order valence-corrected chi connectivity index (χ1v) is 6.63. The van der Waals surface area contributed by atoms with E-state index in [0.717, 1.165) is 17.1 Å². The van der Waals surface area contributed by atoms with Gasteiger partial charge in [0.15, 0.2) is 0 Å².